The summed E-state index contributed by atoms with van der Waals surface area (Å²) in [6.45, 7) is 3.01. The van der Waals surface area contributed by atoms with E-state index in [1.807, 2.05) is 0 Å². The Balaban J connectivity index is 1.59. The predicted octanol–water partition coefficient (Wildman–Crippen LogP) is 1.10. The Kier molecular flexibility index (Phi) is 3.99. The smallest absolute Gasteiger partial charge is 0.420 e. The normalized spacial score (nSPS) is 31.7. The molecule has 0 aliphatic carbocycles. The summed E-state index contributed by atoms with van der Waals surface area (Å²) in [5, 5.41) is 0. The van der Waals surface area contributed by atoms with Gasteiger partial charge < -0.3 is 23.7 Å². The van der Waals surface area contributed by atoms with Crippen molar-refractivity contribution < 1.29 is 38.1 Å². The molecule has 4 rings (SSSR count). The number of amides is 2. The Hall–Kier alpha value is -2.49. The van der Waals surface area contributed by atoms with Crippen LogP contribution in [0.15, 0.2) is 24.3 Å². The number of para-hydroxylation sites is 1. The fourth-order valence-corrected chi connectivity index (χ4v) is 3.51. The lowest BCUT2D eigenvalue weighted by atomic mass is 9.98. The molecule has 2 amide bonds. The highest BCUT2D eigenvalue weighted by atomic mass is 16.8. The molecule has 1 aromatic rings. The average Bonchev–Trinajstić information content (AvgIpc) is 3.15. The van der Waals surface area contributed by atoms with Gasteiger partial charge in [-0.2, -0.15) is 0 Å². The number of Topliss-reactive ketones (excluding diaryl/α,β-unsaturated/α-hetero) is 1. The number of hydrogen-bond donors (Lipinski definition) is 0. The summed E-state index contributed by atoms with van der Waals surface area (Å²) in [6, 6.07) is 6.47. The maximum Gasteiger partial charge on any atom is 0.420 e. The first-order valence-electron chi connectivity index (χ1n) is 8.48. The Labute approximate surface area is 155 Å². The Morgan fingerprint density at radius 1 is 1.22 bits per heavy atom. The first-order valence-corrected chi connectivity index (χ1v) is 8.48. The van der Waals surface area contributed by atoms with Crippen molar-refractivity contribution >= 4 is 17.8 Å². The lowest BCUT2D eigenvalue weighted by molar-refractivity contribution is -0.219. The molecule has 0 bridgehead atoms. The number of benzene rings is 1. The van der Waals surface area contributed by atoms with Gasteiger partial charge in [0, 0.05) is 0 Å². The Bertz CT molecular complexity index is 821. The molecule has 3 atom stereocenters. The molecular weight excluding hydrogens is 358 g/mol. The summed E-state index contributed by atoms with van der Waals surface area (Å²) in [6.07, 6.45) is -2.48. The maximum absolute atomic E-state index is 12.9. The zero-order valence-corrected chi connectivity index (χ0v) is 15.1. The van der Waals surface area contributed by atoms with Crippen LogP contribution in [0.2, 0.25) is 0 Å². The van der Waals surface area contributed by atoms with Gasteiger partial charge in [0.1, 0.15) is 18.4 Å². The first-order chi connectivity index (χ1) is 12.8. The molecule has 3 heterocycles. The Morgan fingerprint density at radius 2 is 1.96 bits per heavy atom. The number of nitrogens with zero attached hydrogens (tertiary/aromatic N) is 1. The minimum absolute atomic E-state index is 0.00378. The monoisotopic (exact) mass is 377 g/mol. The number of ketones is 1. The van der Waals surface area contributed by atoms with Crippen molar-refractivity contribution in [1.82, 2.24) is 4.90 Å². The van der Waals surface area contributed by atoms with Crippen LogP contribution in [0, 0.1) is 0 Å². The summed E-state index contributed by atoms with van der Waals surface area (Å²) >= 11 is 0. The molecule has 0 saturated carbocycles. The van der Waals surface area contributed by atoms with Crippen LogP contribution >= 0.6 is 0 Å². The summed E-state index contributed by atoms with van der Waals surface area (Å²) < 4.78 is 27.2. The molecule has 3 aliphatic heterocycles. The molecule has 1 spiro atoms. The summed E-state index contributed by atoms with van der Waals surface area (Å²) in [7, 11) is 1.42. The van der Waals surface area contributed by atoms with E-state index >= 15 is 0 Å². The van der Waals surface area contributed by atoms with Crippen LogP contribution in [0.1, 0.15) is 24.2 Å². The molecule has 27 heavy (non-hydrogen) atoms. The van der Waals surface area contributed by atoms with E-state index in [0.717, 1.165) is 4.90 Å². The number of hydrogen-bond acceptors (Lipinski definition) is 8. The lowest BCUT2D eigenvalue weighted by Crippen LogP contribution is -2.59. The molecule has 0 N–H and O–H groups in total. The fraction of sp³-hybridized carbons (Fsp3) is 0.500. The van der Waals surface area contributed by atoms with Crippen molar-refractivity contribution in [3.05, 3.63) is 29.8 Å². The van der Waals surface area contributed by atoms with E-state index in [1.54, 1.807) is 32.0 Å². The van der Waals surface area contributed by atoms with Crippen LogP contribution in [0.3, 0.4) is 0 Å². The van der Waals surface area contributed by atoms with Crippen molar-refractivity contribution in [3.63, 3.8) is 0 Å². The second kappa shape index (κ2) is 6.01. The van der Waals surface area contributed by atoms with Crippen LogP contribution in [0.5, 0.6) is 5.75 Å². The van der Waals surface area contributed by atoms with E-state index < -0.39 is 41.6 Å². The van der Waals surface area contributed by atoms with Crippen LogP contribution in [-0.4, -0.2) is 66.7 Å². The van der Waals surface area contributed by atoms with E-state index in [9.17, 15) is 14.4 Å². The standard InChI is InChI=1S/C18H19NO8/c1-17(2)25-12-8-24-18(14(20)13(12)26-17)9-19(16(22)27-18)15(21)10-6-4-5-7-11(10)23-3/h4-7,12-13H,8-9H2,1-3H3/t12-,13-,18+/m1/s1. The highest BCUT2D eigenvalue weighted by Crippen LogP contribution is 2.39. The number of methoxy groups -OCH3 is 1. The maximum atomic E-state index is 12.9. The molecule has 0 radical (unpaired) electrons. The molecule has 9 nitrogen and oxygen atoms in total. The lowest BCUT2D eigenvalue weighted by Gasteiger charge is -2.34. The van der Waals surface area contributed by atoms with E-state index in [2.05, 4.69) is 0 Å². The van der Waals surface area contributed by atoms with Gasteiger partial charge in [-0.15, -0.1) is 0 Å². The van der Waals surface area contributed by atoms with Crippen LogP contribution in [0.25, 0.3) is 0 Å². The van der Waals surface area contributed by atoms with Crippen molar-refractivity contribution in [2.24, 2.45) is 0 Å². The zero-order chi connectivity index (χ0) is 19.4. The number of imide groups is 1. The van der Waals surface area contributed by atoms with Crippen molar-refractivity contribution in [2.45, 2.75) is 37.6 Å². The highest BCUT2D eigenvalue weighted by molar-refractivity contribution is 6.07. The molecule has 3 fully saturated rings. The minimum atomic E-state index is -1.89. The number of carbonyl (C=O) groups excluding carboxylic acids is 3. The topological polar surface area (TPSA) is 101 Å². The quantitative estimate of drug-likeness (QED) is 0.755. The SMILES string of the molecule is COc1ccccc1C(=O)N1C[C@]2(OC[C@H]3OC(C)(C)O[C@H]3C2=O)OC1=O. The average molecular weight is 377 g/mol. The molecule has 144 valence electrons. The zero-order valence-electron chi connectivity index (χ0n) is 15.1. The summed E-state index contributed by atoms with van der Waals surface area (Å²) in [5.41, 5.74) is 0.178. The van der Waals surface area contributed by atoms with Gasteiger partial charge in [-0.25, -0.2) is 9.69 Å². The van der Waals surface area contributed by atoms with Crippen molar-refractivity contribution in [1.29, 1.82) is 0 Å². The Morgan fingerprint density at radius 3 is 2.70 bits per heavy atom. The van der Waals surface area contributed by atoms with E-state index in [0.29, 0.717) is 5.75 Å². The van der Waals surface area contributed by atoms with E-state index in [-0.39, 0.29) is 18.7 Å². The molecule has 9 heteroatoms. The fourth-order valence-electron chi connectivity index (χ4n) is 3.51. The second-order valence-electron chi connectivity index (χ2n) is 6.98. The number of rotatable bonds is 2. The highest BCUT2D eigenvalue weighted by Gasteiger charge is 2.63. The van der Waals surface area contributed by atoms with Gasteiger partial charge in [-0.05, 0) is 26.0 Å². The minimum Gasteiger partial charge on any atom is -0.496 e. The van der Waals surface area contributed by atoms with Gasteiger partial charge in [0.15, 0.2) is 11.9 Å². The van der Waals surface area contributed by atoms with Gasteiger partial charge >= 0.3 is 6.09 Å². The van der Waals surface area contributed by atoms with Gasteiger partial charge in [0.05, 0.1) is 19.3 Å². The van der Waals surface area contributed by atoms with Gasteiger partial charge in [-0.3, -0.25) is 9.59 Å². The summed E-state index contributed by atoms with van der Waals surface area (Å²) in [4.78, 5) is 38.9. The number of ether oxygens (including phenoxy) is 5. The van der Waals surface area contributed by atoms with Crippen LogP contribution in [-0.2, 0) is 23.7 Å². The molecule has 3 aliphatic rings. The molecule has 1 aromatic carbocycles. The van der Waals surface area contributed by atoms with Crippen molar-refractivity contribution in [2.75, 3.05) is 20.3 Å². The molecule has 0 aromatic heterocycles. The molecular formula is C18H19NO8. The molecule has 0 unspecified atom stereocenters. The second-order valence-corrected chi connectivity index (χ2v) is 6.98. The van der Waals surface area contributed by atoms with E-state index in [4.69, 9.17) is 23.7 Å². The van der Waals surface area contributed by atoms with Gasteiger partial charge in [-0.1, -0.05) is 12.1 Å². The third kappa shape index (κ3) is 2.78. The summed E-state index contributed by atoms with van der Waals surface area (Å²) in [5.74, 6) is -3.75. The van der Waals surface area contributed by atoms with Gasteiger partial charge in [0.2, 0.25) is 5.78 Å². The third-order valence-electron chi connectivity index (χ3n) is 4.72. The van der Waals surface area contributed by atoms with Gasteiger partial charge in [0.25, 0.3) is 11.7 Å². The van der Waals surface area contributed by atoms with E-state index in [1.165, 1.54) is 13.2 Å². The predicted molar refractivity (Wildman–Crippen MR) is 88.0 cm³/mol. The number of carbonyl (C=O) groups is 3. The third-order valence-corrected chi connectivity index (χ3v) is 4.72. The number of fused-ring (bicyclic) bond motifs is 1. The van der Waals surface area contributed by atoms with Crippen LogP contribution in [0.4, 0.5) is 4.79 Å². The first kappa shape index (κ1) is 17.9. The molecule has 3 saturated heterocycles. The largest absolute Gasteiger partial charge is 0.496 e. The van der Waals surface area contributed by atoms with Crippen LogP contribution < -0.4 is 4.74 Å². The van der Waals surface area contributed by atoms with Crippen molar-refractivity contribution in [3.8, 4) is 5.75 Å².